The molecule has 0 aliphatic carbocycles. The van der Waals surface area contributed by atoms with Gasteiger partial charge in [0.25, 0.3) is 5.69 Å². The number of nitro groups is 1. The lowest BCUT2D eigenvalue weighted by Crippen LogP contribution is -2.26. The molecule has 0 N–H and O–H groups in total. The maximum Gasteiger partial charge on any atom is 0.270 e. The van der Waals surface area contributed by atoms with Crippen molar-refractivity contribution in [3.05, 3.63) is 52.3 Å². The van der Waals surface area contributed by atoms with Crippen LogP contribution in [0.1, 0.15) is 5.56 Å². The Labute approximate surface area is 96.3 Å². The van der Waals surface area contributed by atoms with Gasteiger partial charge in [-0.3, -0.25) is 10.1 Å². The van der Waals surface area contributed by atoms with Crippen LogP contribution in [0.15, 0.2) is 41.8 Å². The summed E-state index contributed by atoms with van der Waals surface area (Å²) in [5.74, 6) is 0. The quantitative estimate of drug-likeness (QED) is 0.573. The topological polar surface area (TPSA) is 74.0 Å². The van der Waals surface area contributed by atoms with Crippen LogP contribution < -0.4 is 0 Å². The summed E-state index contributed by atoms with van der Waals surface area (Å²) in [6, 6.07) is 6.27. The Hall–Kier alpha value is -2.37. The van der Waals surface area contributed by atoms with E-state index in [1.165, 1.54) is 12.1 Å². The molecule has 0 radical (unpaired) electrons. The van der Waals surface area contributed by atoms with E-state index in [0.717, 1.165) is 0 Å². The van der Waals surface area contributed by atoms with Gasteiger partial charge >= 0.3 is 0 Å². The lowest BCUT2D eigenvalue weighted by Gasteiger charge is -2.09. The van der Waals surface area contributed by atoms with Gasteiger partial charge in [0.05, 0.1) is 11.2 Å². The fourth-order valence-corrected chi connectivity index (χ4v) is 1.86. The standard InChI is InChI=1S/C11H8N2O4/c14-13(15)8-3-1-2-7(6-8)10-11-9(17-12-10)4-5-16-11/h1-6,9,11H. The monoisotopic (exact) mass is 232 g/mol. The van der Waals surface area contributed by atoms with Crippen molar-refractivity contribution in [3.63, 3.8) is 0 Å². The summed E-state index contributed by atoms with van der Waals surface area (Å²) in [5, 5.41) is 14.6. The number of nitrogens with zero attached hydrogens (tertiary/aromatic N) is 2. The van der Waals surface area contributed by atoms with Crippen LogP contribution in [0.2, 0.25) is 0 Å². The lowest BCUT2D eigenvalue weighted by atomic mass is 10.0. The van der Waals surface area contributed by atoms with Gasteiger partial charge < -0.3 is 9.57 Å². The Morgan fingerprint density at radius 3 is 3.12 bits per heavy atom. The maximum atomic E-state index is 10.7. The summed E-state index contributed by atoms with van der Waals surface area (Å²) >= 11 is 0. The number of fused-ring (bicyclic) bond motifs is 1. The van der Waals surface area contributed by atoms with Gasteiger partial charge in [0, 0.05) is 17.7 Å². The zero-order chi connectivity index (χ0) is 11.8. The number of benzene rings is 1. The molecule has 3 rings (SSSR count). The first-order valence-electron chi connectivity index (χ1n) is 5.06. The first kappa shape index (κ1) is 9.83. The summed E-state index contributed by atoms with van der Waals surface area (Å²) in [7, 11) is 0. The van der Waals surface area contributed by atoms with Crippen molar-refractivity contribution in [2.75, 3.05) is 0 Å². The number of ether oxygens (including phenoxy) is 1. The molecule has 0 aromatic heterocycles. The van der Waals surface area contributed by atoms with Crippen LogP contribution >= 0.6 is 0 Å². The SMILES string of the molecule is O=[N+]([O-])c1cccc(C2=NOC3C=COC23)c1. The fraction of sp³-hybridized carbons (Fsp3) is 0.182. The minimum Gasteiger partial charge on any atom is -0.487 e. The van der Waals surface area contributed by atoms with Crippen molar-refractivity contribution >= 4 is 11.4 Å². The summed E-state index contributed by atoms with van der Waals surface area (Å²) in [6.07, 6.45) is 2.81. The van der Waals surface area contributed by atoms with Crippen LogP contribution in [0, 0.1) is 10.1 Å². The predicted molar refractivity (Wildman–Crippen MR) is 58.5 cm³/mol. The van der Waals surface area contributed by atoms with Gasteiger partial charge in [0.2, 0.25) is 0 Å². The van der Waals surface area contributed by atoms with Crippen LogP contribution in [0.5, 0.6) is 0 Å². The molecule has 0 spiro atoms. The fourth-order valence-electron chi connectivity index (χ4n) is 1.86. The van der Waals surface area contributed by atoms with Gasteiger partial charge in [-0.05, 0) is 6.08 Å². The first-order chi connectivity index (χ1) is 8.25. The number of hydrogen-bond acceptors (Lipinski definition) is 5. The van der Waals surface area contributed by atoms with Crippen molar-refractivity contribution in [2.45, 2.75) is 12.2 Å². The van der Waals surface area contributed by atoms with Crippen molar-refractivity contribution < 1.29 is 14.5 Å². The third-order valence-electron chi connectivity index (χ3n) is 2.69. The zero-order valence-corrected chi connectivity index (χ0v) is 8.65. The van der Waals surface area contributed by atoms with Gasteiger partial charge in [-0.2, -0.15) is 0 Å². The molecule has 2 heterocycles. The molecule has 86 valence electrons. The highest BCUT2D eigenvalue weighted by Crippen LogP contribution is 2.26. The summed E-state index contributed by atoms with van der Waals surface area (Å²) < 4.78 is 5.34. The molecular weight excluding hydrogens is 224 g/mol. The molecule has 2 atom stereocenters. The summed E-state index contributed by atoms with van der Waals surface area (Å²) in [6.45, 7) is 0. The summed E-state index contributed by atoms with van der Waals surface area (Å²) in [4.78, 5) is 15.4. The van der Waals surface area contributed by atoms with Crippen molar-refractivity contribution in [2.24, 2.45) is 5.16 Å². The van der Waals surface area contributed by atoms with Crippen LogP contribution in [-0.4, -0.2) is 22.8 Å². The number of rotatable bonds is 2. The number of non-ortho nitro benzene ring substituents is 1. The largest absolute Gasteiger partial charge is 0.487 e. The second kappa shape index (κ2) is 3.58. The highest BCUT2D eigenvalue weighted by Gasteiger charge is 2.38. The van der Waals surface area contributed by atoms with Gasteiger partial charge in [0.1, 0.15) is 5.71 Å². The molecule has 0 saturated heterocycles. The van der Waals surface area contributed by atoms with E-state index in [1.54, 1.807) is 24.5 Å². The highest BCUT2D eigenvalue weighted by atomic mass is 16.7. The minimum atomic E-state index is -0.439. The van der Waals surface area contributed by atoms with E-state index in [2.05, 4.69) is 5.16 Å². The Morgan fingerprint density at radius 2 is 2.29 bits per heavy atom. The van der Waals surface area contributed by atoms with Crippen LogP contribution in [0.25, 0.3) is 0 Å². The van der Waals surface area contributed by atoms with Crippen LogP contribution in [0.3, 0.4) is 0 Å². The van der Waals surface area contributed by atoms with Gasteiger partial charge in [-0.15, -0.1) is 0 Å². The van der Waals surface area contributed by atoms with Gasteiger partial charge in [-0.1, -0.05) is 17.3 Å². The number of hydrogen-bond donors (Lipinski definition) is 0. The van der Waals surface area contributed by atoms with E-state index in [1.807, 2.05) is 0 Å². The molecule has 2 aliphatic rings. The molecule has 6 heteroatoms. The average molecular weight is 232 g/mol. The Morgan fingerprint density at radius 1 is 1.41 bits per heavy atom. The normalized spacial score (nSPS) is 24.8. The zero-order valence-electron chi connectivity index (χ0n) is 8.65. The van der Waals surface area contributed by atoms with E-state index >= 15 is 0 Å². The molecule has 0 amide bonds. The van der Waals surface area contributed by atoms with Crippen LogP contribution in [0.4, 0.5) is 5.69 Å². The maximum absolute atomic E-state index is 10.7. The molecule has 0 bridgehead atoms. The molecule has 0 saturated carbocycles. The minimum absolute atomic E-state index is 0.0274. The molecule has 1 aromatic rings. The van der Waals surface area contributed by atoms with Crippen molar-refractivity contribution in [1.82, 2.24) is 0 Å². The lowest BCUT2D eigenvalue weighted by molar-refractivity contribution is -0.384. The highest BCUT2D eigenvalue weighted by molar-refractivity contribution is 6.05. The number of nitro benzene ring substituents is 1. The predicted octanol–water partition coefficient (Wildman–Crippen LogP) is 1.61. The second-order valence-electron chi connectivity index (χ2n) is 3.74. The molecule has 17 heavy (non-hydrogen) atoms. The van der Waals surface area contributed by atoms with Crippen LogP contribution in [-0.2, 0) is 9.57 Å². The molecular formula is C11H8N2O4. The summed E-state index contributed by atoms with van der Waals surface area (Å²) in [5.41, 5.74) is 1.26. The molecule has 1 aromatic carbocycles. The van der Waals surface area contributed by atoms with E-state index in [-0.39, 0.29) is 17.9 Å². The third kappa shape index (κ3) is 1.54. The third-order valence-corrected chi connectivity index (χ3v) is 2.69. The molecule has 0 fully saturated rings. The Bertz CT molecular complexity index is 538. The molecule has 2 aliphatic heterocycles. The van der Waals surface area contributed by atoms with Crippen molar-refractivity contribution in [1.29, 1.82) is 0 Å². The van der Waals surface area contributed by atoms with E-state index in [4.69, 9.17) is 9.57 Å². The smallest absolute Gasteiger partial charge is 0.270 e. The second-order valence-corrected chi connectivity index (χ2v) is 3.74. The number of oxime groups is 1. The first-order valence-corrected chi connectivity index (χ1v) is 5.06. The van der Waals surface area contributed by atoms with Gasteiger partial charge in [0.15, 0.2) is 12.2 Å². The molecule has 6 nitrogen and oxygen atoms in total. The molecule has 2 unspecified atom stereocenters. The van der Waals surface area contributed by atoms with Crippen molar-refractivity contribution in [3.8, 4) is 0 Å². The van der Waals surface area contributed by atoms with E-state index in [0.29, 0.717) is 11.3 Å². The Balaban J connectivity index is 1.95. The van der Waals surface area contributed by atoms with E-state index < -0.39 is 4.92 Å². The van der Waals surface area contributed by atoms with Gasteiger partial charge in [-0.25, -0.2) is 0 Å². The average Bonchev–Trinajstić information content (AvgIpc) is 2.90. The van der Waals surface area contributed by atoms with E-state index in [9.17, 15) is 10.1 Å². The Kier molecular flexibility index (Phi) is 2.07.